The molecule has 0 aliphatic carbocycles. The number of carbonyl (C=O) groups excluding carboxylic acids is 1. The van der Waals surface area contributed by atoms with E-state index in [1.807, 2.05) is 13.8 Å². The summed E-state index contributed by atoms with van der Waals surface area (Å²) in [5, 5.41) is 2.91. The Balaban J connectivity index is 1.49. The molecule has 7 nitrogen and oxygen atoms in total. The zero-order chi connectivity index (χ0) is 21.8. The summed E-state index contributed by atoms with van der Waals surface area (Å²) in [4.78, 5) is 24.1. The second-order valence-corrected chi connectivity index (χ2v) is 7.21. The zero-order valence-electron chi connectivity index (χ0n) is 17.4. The van der Waals surface area contributed by atoms with Crippen LogP contribution in [0.15, 0.2) is 48.5 Å². The number of rotatable bonds is 5. The SMILES string of the molecule is Cc1nc(N2CCOCC2)nc(C)c1NC(=O)c1cccc(Oc2ccc(F)cc2)c1. The van der Waals surface area contributed by atoms with E-state index in [0.717, 1.165) is 13.1 Å². The van der Waals surface area contributed by atoms with Gasteiger partial charge in [0.25, 0.3) is 5.91 Å². The summed E-state index contributed by atoms with van der Waals surface area (Å²) in [6, 6.07) is 12.5. The molecule has 0 radical (unpaired) electrons. The topological polar surface area (TPSA) is 76.6 Å². The Kier molecular flexibility index (Phi) is 6.08. The van der Waals surface area contributed by atoms with E-state index in [4.69, 9.17) is 9.47 Å². The van der Waals surface area contributed by atoms with E-state index < -0.39 is 0 Å². The van der Waals surface area contributed by atoms with E-state index in [2.05, 4.69) is 20.2 Å². The normalized spacial score (nSPS) is 13.7. The molecule has 1 N–H and O–H groups in total. The molecule has 0 unspecified atom stereocenters. The number of benzene rings is 2. The molecule has 1 aromatic heterocycles. The number of hydrogen-bond acceptors (Lipinski definition) is 6. The van der Waals surface area contributed by atoms with E-state index in [1.54, 1.807) is 24.3 Å². The first-order valence-corrected chi connectivity index (χ1v) is 10.0. The first-order valence-electron chi connectivity index (χ1n) is 10.0. The summed E-state index contributed by atoms with van der Waals surface area (Å²) in [6.07, 6.45) is 0. The third-order valence-corrected chi connectivity index (χ3v) is 4.94. The molecule has 1 aliphatic rings. The van der Waals surface area contributed by atoms with Crippen molar-refractivity contribution < 1.29 is 18.7 Å². The van der Waals surface area contributed by atoms with E-state index in [1.165, 1.54) is 24.3 Å². The van der Waals surface area contributed by atoms with E-state index in [-0.39, 0.29) is 11.7 Å². The average Bonchev–Trinajstić information content (AvgIpc) is 2.78. The Morgan fingerprint density at radius 3 is 2.39 bits per heavy atom. The maximum absolute atomic E-state index is 13.1. The lowest BCUT2D eigenvalue weighted by Gasteiger charge is -2.27. The fourth-order valence-corrected chi connectivity index (χ4v) is 3.31. The van der Waals surface area contributed by atoms with E-state index >= 15 is 0 Å². The zero-order valence-corrected chi connectivity index (χ0v) is 17.4. The van der Waals surface area contributed by atoms with Crippen molar-refractivity contribution in [3.8, 4) is 11.5 Å². The Morgan fingerprint density at radius 2 is 1.71 bits per heavy atom. The highest BCUT2D eigenvalue weighted by atomic mass is 19.1. The molecule has 2 aromatic carbocycles. The minimum Gasteiger partial charge on any atom is -0.457 e. The molecule has 8 heteroatoms. The quantitative estimate of drug-likeness (QED) is 0.667. The summed E-state index contributed by atoms with van der Waals surface area (Å²) >= 11 is 0. The van der Waals surface area contributed by atoms with Crippen LogP contribution in [0.5, 0.6) is 11.5 Å². The van der Waals surface area contributed by atoms with Gasteiger partial charge < -0.3 is 19.7 Å². The predicted octanol–water partition coefficient (Wildman–Crippen LogP) is 4.11. The number of anilines is 2. The monoisotopic (exact) mass is 422 g/mol. The van der Waals surface area contributed by atoms with Crippen LogP contribution < -0.4 is 15.0 Å². The number of aryl methyl sites for hydroxylation is 2. The minimum atomic E-state index is -0.340. The van der Waals surface area contributed by atoms with Gasteiger partial charge in [0, 0.05) is 18.7 Å². The van der Waals surface area contributed by atoms with Gasteiger partial charge >= 0.3 is 0 Å². The van der Waals surface area contributed by atoms with Gasteiger partial charge in [-0.15, -0.1) is 0 Å². The van der Waals surface area contributed by atoms with Crippen LogP contribution in [-0.2, 0) is 4.74 Å². The number of ether oxygens (including phenoxy) is 2. The van der Waals surface area contributed by atoms with E-state index in [9.17, 15) is 9.18 Å². The van der Waals surface area contributed by atoms with Crippen LogP contribution in [0, 0.1) is 19.7 Å². The highest BCUT2D eigenvalue weighted by Gasteiger charge is 2.18. The van der Waals surface area contributed by atoms with Crippen LogP contribution in [0.1, 0.15) is 21.7 Å². The van der Waals surface area contributed by atoms with Crippen molar-refractivity contribution in [1.29, 1.82) is 0 Å². The molecule has 3 aromatic rings. The van der Waals surface area contributed by atoms with Gasteiger partial charge in [-0.1, -0.05) is 6.07 Å². The molecule has 0 saturated carbocycles. The molecular weight excluding hydrogens is 399 g/mol. The van der Waals surface area contributed by atoms with Crippen molar-refractivity contribution in [2.45, 2.75) is 13.8 Å². The van der Waals surface area contributed by atoms with Crippen molar-refractivity contribution in [3.63, 3.8) is 0 Å². The number of nitrogens with one attached hydrogen (secondary N) is 1. The molecule has 0 atom stereocenters. The van der Waals surface area contributed by atoms with Gasteiger partial charge in [0.05, 0.1) is 30.3 Å². The summed E-state index contributed by atoms with van der Waals surface area (Å²) in [5.74, 6) is 0.974. The summed E-state index contributed by atoms with van der Waals surface area (Å²) in [5.41, 5.74) is 2.41. The lowest BCUT2D eigenvalue weighted by atomic mass is 10.2. The maximum Gasteiger partial charge on any atom is 0.255 e. The van der Waals surface area contributed by atoms with Gasteiger partial charge in [-0.2, -0.15) is 0 Å². The minimum absolute atomic E-state index is 0.293. The van der Waals surface area contributed by atoms with Crippen LogP contribution in [0.4, 0.5) is 16.0 Å². The molecule has 0 spiro atoms. The lowest BCUT2D eigenvalue weighted by molar-refractivity contribution is 0.102. The smallest absolute Gasteiger partial charge is 0.255 e. The molecule has 2 heterocycles. The Hall–Kier alpha value is -3.52. The number of morpholine rings is 1. The highest BCUT2D eigenvalue weighted by Crippen LogP contribution is 2.25. The standard InChI is InChI=1S/C23H23FN4O3/c1-15-21(16(2)26-23(25-15)28-10-12-30-13-11-28)27-22(29)17-4-3-5-20(14-17)31-19-8-6-18(24)7-9-19/h3-9,14H,10-13H2,1-2H3,(H,27,29). The summed E-state index contributed by atoms with van der Waals surface area (Å²) in [6.45, 7) is 6.48. The van der Waals surface area contributed by atoms with E-state index in [0.29, 0.717) is 53.3 Å². The van der Waals surface area contributed by atoms with Crippen molar-refractivity contribution in [2.24, 2.45) is 0 Å². The van der Waals surface area contributed by atoms with Crippen molar-refractivity contribution >= 4 is 17.5 Å². The molecule has 4 rings (SSSR count). The van der Waals surface area contributed by atoms with Gasteiger partial charge in [0.1, 0.15) is 17.3 Å². The second-order valence-electron chi connectivity index (χ2n) is 7.21. The largest absolute Gasteiger partial charge is 0.457 e. The molecule has 1 aliphatic heterocycles. The van der Waals surface area contributed by atoms with Crippen LogP contribution in [0.3, 0.4) is 0 Å². The number of hydrogen-bond donors (Lipinski definition) is 1. The van der Waals surface area contributed by atoms with Crippen LogP contribution in [0.2, 0.25) is 0 Å². The fourth-order valence-electron chi connectivity index (χ4n) is 3.31. The molecule has 1 saturated heterocycles. The molecule has 1 fully saturated rings. The third kappa shape index (κ3) is 4.97. The summed E-state index contributed by atoms with van der Waals surface area (Å²) in [7, 11) is 0. The Bertz CT molecular complexity index is 1060. The van der Waals surface area contributed by atoms with Gasteiger partial charge in [0.2, 0.25) is 5.95 Å². The number of amides is 1. The van der Waals surface area contributed by atoms with Gasteiger partial charge in [-0.3, -0.25) is 4.79 Å². The maximum atomic E-state index is 13.1. The van der Waals surface area contributed by atoms with Crippen molar-refractivity contribution in [1.82, 2.24) is 9.97 Å². The molecule has 160 valence electrons. The first kappa shape index (κ1) is 20.7. The average molecular weight is 422 g/mol. The highest BCUT2D eigenvalue weighted by molar-refractivity contribution is 6.05. The Morgan fingerprint density at radius 1 is 1.03 bits per heavy atom. The summed E-state index contributed by atoms with van der Waals surface area (Å²) < 4.78 is 24.2. The third-order valence-electron chi connectivity index (χ3n) is 4.94. The van der Waals surface area contributed by atoms with Crippen LogP contribution in [-0.4, -0.2) is 42.2 Å². The number of carbonyl (C=O) groups is 1. The van der Waals surface area contributed by atoms with Crippen LogP contribution >= 0.6 is 0 Å². The predicted molar refractivity (Wildman–Crippen MR) is 115 cm³/mol. The number of halogens is 1. The number of aromatic nitrogens is 2. The van der Waals surface area contributed by atoms with Gasteiger partial charge in [-0.05, 0) is 56.3 Å². The molecule has 31 heavy (non-hydrogen) atoms. The van der Waals surface area contributed by atoms with Crippen LogP contribution in [0.25, 0.3) is 0 Å². The van der Waals surface area contributed by atoms with Gasteiger partial charge in [-0.25, -0.2) is 14.4 Å². The molecular formula is C23H23FN4O3. The Labute approximate surface area is 179 Å². The molecule has 1 amide bonds. The molecule has 0 bridgehead atoms. The number of nitrogens with zero attached hydrogens (tertiary/aromatic N) is 3. The first-order chi connectivity index (χ1) is 15.0. The fraction of sp³-hybridized carbons (Fsp3) is 0.261. The lowest BCUT2D eigenvalue weighted by Crippen LogP contribution is -2.37. The van der Waals surface area contributed by atoms with Gasteiger partial charge in [0.15, 0.2) is 0 Å². The second kappa shape index (κ2) is 9.09. The van der Waals surface area contributed by atoms with Crippen molar-refractivity contribution in [2.75, 3.05) is 36.5 Å². The van der Waals surface area contributed by atoms with Crippen molar-refractivity contribution in [3.05, 3.63) is 71.3 Å².